The van der Waals surface area contributed by atoms with E-state index in [0.29, 0.717) is 37.5 Å². The van der Waals surface area contributed by atoms with Gasteiger partial charge in [0.15, 0.2) is 0 Å². The summed E-state index contributed by atoms with van der Waals surface area (Å²) in [6.07, 6.45) is 9.49. The summed E-state index contributed by atoms with van der Waals surface area (Å²) < 4.78 is 8.53. The zero-order valence-electron chi connectivity index (χ0n) is 18.3. The van der Waals surface area contributed by atoms with Crippen LogP contribution >= 0.6 is 11.8 Å². The number of benzene rings is 1. The van der Waals surface area contributed by atoms with Crippen molar-refractivity contribution >= 4 is 31.2 Å². The van der Waals surface area contributed by atoms with Gasteiger partial charge in [-0.15, -0.1) is 0 Å². The molecule has 1 fully saturated rings. The van der Waals surface area contributed by atoms with E-state index in [0.717, 1.165) is 19.6 Å². The molecule has 160 valence electrons. The first-order valence-corrected chi connectivity index (χ1v) is 13.6. The molecular weight excluding hydrogens is 443 g/mol. The van der Waals surface area contributed by atoms with Gasteiger partial charge in [0.2, 0.25) is 0 Å². The van der Waals surface area contributed by atoms with Crippen molar-refractivity contribution in [2.24, 2.45) is 0 Å². The molecule has 1 aliphatic heterocycles. The molecule has 5 heteroatoms. The van der Waals surface area contributed by atoms with E-state index in [1.165, 1.54) is 23.7 Å². The molecule has 1 N–H and O–H groups in total. The summed E-state index contributed by atoms with van der Waals surface area (Å²) in [6, 6.07) is 11.9. The first-order chi connectivity index (χ1) is 14.1. The van der Waals surface area contributed by atoms with E-state index < -0.39 is 0 Å². The van der Waals surface area contributed by atoms with Gasteiger partial charge in [-0.25, -0.2) is 0 Å². The van der Waals surface area contributed by atoms with Crippen LogP contribution in [-0.2, 0) is 4.74 Å². The Labute approximate surface area is 187 Å². The Bertz CT molecular complexity index is 691. The molecule has 0 aromatic heterocycles. The number of hydrogen-bond donors (Lipinski definition) is 1. The molecule has 3 nitrogen and oxygen atoms in total. The normalized spacial score (nSPS) is 22.0. The van der Waals surface area contributed by atoms with Crippen LogP contribution in [0.15, 0.2) is 52.5 Å². The molecule has 0 saturated carbocycles. The van der Waals surface area contributed by atoms with E-state index >= 15 is 0 Å². The standard InChI is InChI=1S/C24H36N2OSSe/c1-5-22(28-18(2)3)24(25-26-16-10-11-19(26)17-27-4)21-14-9-15-23(21)29-20-12-7-6-8-13-20/h6-9,12-13,15,18-19,22,24-25H,5,10-11,14,16-17H2,1-4H3. The van der Waals surface area contributed by atoms with Crippen LogP contribution in [0, 0.1) is 0 Å². The molecule has 3 rings (SSSR count). The summed E-state index contributed by atoms with van der Waals surface area (Å²) in [5.74, 6) is 0. The summed E-state index contributed by atoms with van der Waals surface area (Å²) >= 11 is 2.49. The van der Waals surface area contributed by atoms with Crippen molar-refractivity contribution < 1.29 is 4.74 Å². The molecule has 3 atom stereocenters. The number of nitrogens with one attached hydrogen (secondary N) is 1. The van der Waals surface area contributed by atoms with Crippen LogP contribution in [0.1, 0.15) is 46.5 Å². The van der Waals surface area contributed by atoms with Gasteiger partial charge in [-0.1, -0.05) is 0 Å². The van der Waals surface area contributed by atoms with Crippen LogP contribution in [0.25, 0.3) is 0 Å². The summed E-state index contributed by atoms with van der Waals surface area (Å²) in [6.45, 7) is 8.92. The van der Waals surface area contributed by atoms with Crippen LogP contribution in [-0.4, -0.2) is 62.8 Å². The third kappa shape index (κ3) is 6.46. The average Bonchev–Trinajstić information content (AvgIpc) is 3.35. The maximum atomic E-state index is 5.51. The summed E-state index contributed by atoms with van der Waals surface area (Å²) in [5.41, 5.74) is 5.62. The average molecular weight is 480 g/mol. The van der Waals surface area contributed by atoms with Gasteiger partial charge in [-0.2, -0.15) is 0 Å². The maximum absolute atomic E-state index is 5.51. The van der Waals surface area contributed by atoms with Crippen LogP contribution in [0.5, 0.6) is 0 Å². The molecule has 1 aliphatic carbocycles. The van der Waals surface area contributed by atoms with E-state index in [4.69, 9.17) is 4.74 Å². The number of thioether (sulfide) groups is 1. The van der Waals surface area contributed by atoms with Gasteiger partial charge in [-0.3, -0.25) is 0 Å². The number of hydrogen-bond acceptors (Lipinski definition) is 4. The van der Waals surface area contributed by atoms with Crippen molar-refractivity contribution in [3.05, 3.63) is 52.5 Å². The van der Waals surface area contributed by atoms with Crippen molar-refractivity contribution in [1.82, 2.24) is 10.4 Å². The second-order valence-electron chi connectivity index (χ2n) is 8.09. The van der Waals surface area contributed by atoms with Crippen LogP contribution in [0.3, 0.4) is 0 Å². The quantitative estimate of drug-likeness (QED) is 0.483. The van der Waals surface area contributed by atoms with Crippen molar-refractivity contribution in [1.29, 1.82) is 0 Å². The summed E-state index contributed by atoms with van der Waals surface area (Å²) in [4.78, 5) is 0. The van der Waals surface area contributed by atoms with E-state index in [9.17, 15) is 0 Å². The van der Waals surface area contributed by atoms with Gasteiger partial charge in [-0.05, 0) is 0 Å². The van der Waals surface area contributed by atoms with Crippen molar-refractivity contribution in [2.45, 2.75) is 69.0 Å². The molecule has 3 unspecified atom stereocenters. The molecule has 1 saturated heterocycles. The third-order valence-electron chi connectivity index (χ3n) is 5.53. The number of allylic oxidation sites excluding steroid dienone is 3. The minimum absolute atomic E-state index is 0.362. The fraction of sp³-hybridized carbons (Fsp3) is 0.583. The fourth-order valence-electron chi connectivity index (χ4n) is 4.19. The van der Waals surface area contributed by atoms with Gasteiger partial charge in [0.1, 0.15) is 0 Å². The van der Waals surface area contributed by atoms with Crippen LogP contribution in [0.2, 0.25) is 0 Å². The van der Waals surface area contributed by atoms with E-state index in [1.54, 1.807) is 10.0 Å². The molecule has 1 aromatic rings. The number of ether oxygens (including phenoxy) is 1. The monoisotopic (exact) mass is 480 g/mol. The number of rotatable bonds is 11. The minimum atomic E-state index is 0.362. The molecule has 0 spiro atoms. The van der Waals surface area contributed by atoms with E-state index in [2.05, 4.69) is 85.5 Å². The molecule has 29 heavy (non-hydrogen) atoms. The van der Waals surface area contributed by atoms with Crippen LogP contribution in [0.4, 0.5) is 0 Å². The number of methoxy groups -OCH3 is 1. The predicted octanol–water partition coefficient (Wildman–Crippen LogP) is 4.13. The van der Waals surface area contributed by atoms with Crippen molar-refractivity contribution in [3.63, 3.8) is 0 Å². The fourth-order valence-corrected chi connectivity index (χ4v) is 7.67. The molecule has 0 radical (unpaired) electrons. The summed E-state index contributed by atoms with van der Waals surface area (Å²) in [7, 11) is 1.82. The van der Waals surface area contributed by atoms with Crippen LogP contribution < -0.4 is 9.89 Å². The van der Waals surface area contributed by atoms with Gasteiger partial charge in [0.25, 0.3) is 0 Å². The zero-order valence-corrected chi connectivity index (χ0v) is 20.8. The van der Waals surface area contributed by atoms with Gasteiger partial charge >= 0.3 is 188 Å². The number of nitrogens with zero attached hydrogens (tertiary/aromatic N) is 1. The zero-order chi connectivity index (χ0) is 20.6. The molecule has 2 aliphatic rings. The topological polar surface area (TPSA) is 24.5 Å². The van der Waals surface area contributed by atoms with Gasteiger partial charge in [0.05, 0.1) is 0 Å². The van der Waals surface area contributed by atoms with E-state index in [-0.39, 0.29) is 0 Å². The predicted molar refractivity (Wildman–Crippen MR) is 128 cm³/mol. The van der Waals surface area contributed by atoms with Gasteiger partial charge in [0, 0.05) is 0 Å². The molecule has 0 amide bonds. The molecule has 0 bridgehead atoms. The Morgan fingerprint density at radius 3 is 2.76 bits per heavy atom. The summed E-state index contributed by atoms with van der Waals surface area (Å²) in [5, 5.41) is 3.70. The second-order valence-corrected chi connectivity index (χ2v) is 12.3. The Morgan fingerprint density at radius 1 is 1.28 bits per heavy atom. The van der Waals surface area contributed by atoms with Crippen molar-refractivity contribution in [3.8, 4) is 0 Å². The molecule has 1 aromatic carbocycles. The molecular formula is C24H36N2OSSe. The number of hydrazine groups is 1. The Kier molecular flexibility index (Phi) is 9.36. The Hall–Kier alpha value is -0.551. The van der Waals surface area contributed by atoms with E-state index in [1.807, 2.05) is 7.11 Å². The molecule has 1 heterocycles. The second kappa shape index (κ2) is 11.7. The Balaban J connectivity index is 1.85. The first kappa shape index (κ1) is 23.1. The first-order valence-electron chi connectivity index (χ1n) is 10.9. The third-order valence-corrected chi connectivity index (χ3v) is 9.39. The Morgan fingerprint density at radius 2 is 2.07 bits per heavy atom. The SMILES string of the molecule is CCC(SC(C)C)C(NN1CCCC1COC)C1=C([Se]c2ccccc2)C=CC1. The van der Waals surface area contributed by atoms with Crippen molar-refractivity contribution in [2.75, 3.05) is 20.3 Å². The van der Waals surface area contributed by atoms with Gasteiger partial charge < -0.3 is 0 Å².